The van der Waals surface area contributed by atoms with Crippen molar-refractivity contribution in [2.24, 2.45) is 0 Å². The second-order valence-corrected chi connectivity index (χ2v) is 5.63. The number of benzene rings is 1. The van der Waals surface area contributed by atoms with Gasteiger partial charge in [0.25, 0.3) is 0 Å². The molecule has 1 N–H and O–H groups in total. The van der Waals surface area contributed by atoms with Crippen molar-refractivity contribution < 1.29 is 0 Å². The topological polar surface area (TPSA) is 12.0 Å². The Bertz CT molecular complexity index is 377. The van der Waals surface area contributed by atoms with Gasteiger partial charge in [-0.3, -0.25) is 0 Å². The number of hydrogen-bond acceptors (Lipinski definition) is 1. The fourth-order valence-electron chi connectivity index (χ4n) is 3.58. The van der Waals surface area contributed by atoms with Crippen LogP contribution in [0.2, 0.25) is 0 Å². The lowest BCUT2D eigenvalue weighted by molar-refractivity contribution is 0.397. The zero-order valence-corrected chi connectivity index (χ0v) is 10.1. The predicted octanol–water partition coefficient (Wildman–Crippen LogP) is 3.03. The van der Waals surface area contributed by atoms with Gasteiger partial charge in [0, 0.05) is 18.0 Å². The Morgan fingerprint density at radius 2 is 1.94 bits per heavy atom. The van der Waals surface area contributed by atoms with Crippen LogP contribution in [0.1, 0.15) is 43.7 Å². The maximum Gasteiger partial charge on any atom is 0.00806 e. The highest BCUT2D eigenvalue weighted by Gasteiger charge is 2.38. The van der Waals surface area contributed by atoms with Gasteiger partial charge in [-0.1, -0.05) is 37.1 Å². The number of fused-ring (bicyclic) bond motifs is 2. The van der Waals surface area contributed by atoms with Crippen molar-refractivity contribution in [2.75, 3.05) is 6.54 Å². The van der Waals surface area contributed by atoms with E-state index in [-0.39, 0.29) is 0 Å². The van der Waals surface area contributed by atoms with Crippen molar-refractivity contribution in [3.63, 3.8) is 0 Å². The van der Waals surface area contributed by atoms with E-state index in [4.69, 9.17) is 0 Å². The summed E-state index contributed by atoms with van der Waals surface area (Å²) in [5, 5.41) is 3.72. The third-order valence-corrected chi connectivity index (χ3v) is 4.46. The zero-order chi connectivity index (χ0) is 11.0. The summed E-state index contributed by atoms with van der Waals surface area (Å²) in [6, 6.07) is 9.74. The minimum absolute atomic E-state index is 0.460. The molecule has 16 heavy (non-hydrogen) atoms. The maximum atomic E-state index is 3.72. The van der Waals surface area contributed by atoms with Crippen molar-refractivity contribution in [2.45, 2.75) is 50.5 Å². The van der Waals surface area contributed by atoms with E-state index >= 15 is 0 Å². The van der Waals surface area contributed by atoms with E-state index < -0.39 is 0 Å². The Morgan fingerprint density at radius 3 is 2.75 bits per heavy atom. The van der Waals surface area contributed by atoms with Gasteiger partial charge < -0.3 is 5.32 Å². The van der Waals surface area contributed by atoms with Crippen molar-refractivity contribution in [3.05, 3.63) is 35.4 Å². The summed E-state index contributed by atoms with van der Waals surface area (Å²) in [6.07, 6.45) is 6.76. The highest BCUT2D eigenvalue weighted by atomic mass is 14.9. The second-order valence-electron chi connectivity index (χ2n) is 5.63. The smallest absolute Gasteiger partial charge is 0.00806 e. The molecule has 0 radical (unpaired) electrons. The van der Waals surface area contributed by atoms with Gasteiger partial charge >= 0.3 is 0 Å². The predicted molar refractivity (Wildman–Crippen MR) is 67.8 cm³/mol. The average Bonchev–Trinajstić information content (AvgIpc) is 2.71. The summed E-state index contributed by atoms with van der Waals surface area (Å²) < 4.78 is 0. The Kier molecular flexibility index (Phi) is 2.51. The van der Waals surface area contributed by atoms with Gasteiger partial charge in [0.2, 0.25) is 0 Å². The molecule has 1 heterocycles. The van der Waals surface area contributed by atoms with Gasteiger partial charge in [-0.2, -0.15) is 0 Å². The standard InChI is InChI=1S/C15H21N/c1-12-10-13-6-2-3-7-14(13)15(11-16-12)8-4-5-9-15/h2-3,6-7,12,16H,4-5,8-11H2,1H3/t12-/m1/s1. The summed E-state index contributed by atoms with van der Waals surface area (Å²) in [6.45, 7) is 3.50. The fraction of sp³-hybridized carbons (Fsp3) is 0.600. The molecule has 1 atom stereocenters. The Balaban J connectivity index is 2.08. The highest BCUT2D eigenvalue weighted by Crippen LogP contribution is 2.43. The molecule has 1 spiro atoms. The third-order valence-electron chi connectivity index (χ3n) is 4.46. The SMILES string of the molecule is C[C@@H]1Cc2ccccc2C2(CCCC2)CN1. The summed E-state index contributed by atoms with van der Waals surface area (Å²) in [5.74, 6) is 0. The number of hydrogen-bond donors (Lipinski definition) is 1. The van der Waals surface area contributed by atoms with Gasteiger partial charge in [-0.15, -0.1) is 0 Å². The third kappa shape index (κ3) is 1.58. The van der Waals surface area contributed by atoms with Crippen LogP contribution in [0.15, 0.2) is 24.3 Å². The van der Waals surface area contributed by atoms with E-state index in [2.05, 4.69) is 36.5 Å². The zero-order valence-electron chi connectivity index (χ0n) is 10.1. The maximum absolute atomic E-state index is 3.72. The van der Waals surface area contributed by atoms with E-state index in [1.165, 1.54) is 38.6 Å². The van der Waals surface area contributed by atoms with Crippen LogP contribution >= 0.6 is 0 Å². The quantitative estimate of drug-likeness (QED) is 0.701. The van der Waals surface area contributed by atoms with E-state index in [1.54, 1.807) is 11.1 Å². The first-order chi connectivity index (χ1) is 7.80. The largest absolute Gasteiger partial charge is 0.313 e. The molecule has 1 fully saturated rings. The molecular formula is C15H21N. The lowest BCUT2D eigenvalue weighted by atomic mass is 9.77. The summed E-state index contributed by atoms with van der Waals surface area (Å²) in [4.78, 5) is 0. The normalized spacial score (nSPS) is 27.7. The Hall–Kier alpha value is -0.820. The monoisotopic (exact) mass is 215 g/mol. The molecule has 1 aromatic rings. The van der Waals surface area contributed by atoms with Crippen LogP contribution < -0.4 is 5.32 Å². The lowest BCUT2D eigenvalue weighted by Crippen LogP contribution is -2.37. The van der Waals surface area contributed by atoms with Crippen LogP contribution in [0.5, 0.6) is 0 Å². The Labute approximate surface area is 98.3 Å². The molecule has 0 aromatic heterocycles. The van der Waals surface area contributed by atoms with Gasteiger partial charge in [-0.05, 0) is 37.3 Å². The molecule has 1 heteroatoms. The lowest BCUT2D eigenvalue weighted by Gasteiger charge is -2.30. The molecule has 1 aromatic carbocycles. The van der Waals surface area contributed by atoms with E-state index in [9.17, 15) is 0 Å². The molecule has 3 rings (SSSR count). The molecule has 1 saturated carbocycles. The summed E-state index contributed by atoms with van der Waals surface area (Å²) in [7, 11) is 0. The minimum atomic E-state index is 0.460. The average molecular weight is 215 g/mol. The van der Waals surface area contributed by atoms with E-state index in [1.807, 2.05) is 0 Å². The molecule has 1 aliphatic carbocycles. The summed E-state index contributed by atoms with van der Waals surface area (Å²) in [5.41, 5.74) is 3.69. The first kappa shape index (κ1) is 10.3. The minimum Gasteiger partial charge on any atom is -0.313 e. The number of rotatable bonds is 0. The van der Waals surface area contributed by atoms with E-state index in [0.29, 0.717) is 11.5 Å². The van der Waals surface area contributed by atoms with Crippen molar-refractivity contribution in [1.82, 2.24) is 5.32 Å². The Morgan fingerprint density at radius 1 is 1.19 bits per heavy atom. The number of nitrogens with one attached hydrogen (secondary N) is 1. The molecule has 1 aliphatic heterocycles. The molecule has 0 unspecified atom stereocenters. The first-order valence-electron chi connectivity index (χ1n) is 6.62. The molecule has 0 saturated heterocycles. The molecule has 0 bridgehead atoms. The van der Waals surface area contributed by atoms with Crippen molar-refractivity contribution in [3.8, 4) is 0 Å². The van der Waals surface area contributed by atoms with Gasteiger partial charge in [0.15, 0.2) is 0 Å². The van der Waals surface area contributed by atoms with Gasteiger partial charge in [-0.25, -0.2) is 0 Å². The van der Waals surface area contributed by atoms with Gasteiger partial charge in [0.05, 0.1) is 0 Å². The molecule has 86 valence electrons. The van der Waals surface area contributed by atoms with Crippen LogP contribution in [-0.4, -0.2) is 12.6 Å². The van der Waals surface area contributed by atoms with Gasteiger partial charge in [0.1, 0.15) is 0 Å². The molecule has 2 aliphatic rings. The summed E-state index contributed by atoms with van der Waals surface area (Å²) >= 11 is 0. The van der Waals surface area contributed by atoms with Crippen LogP contribution in [0, 0.1) is 0 Å². The first-order valence-corrected chi connectivity index (χ1v) is 6.62. The van der Waals surface area contributed by atoms with Crippen LogP contribution in [0.4, 0.5) is 0 Å². The van der Waals surface area contributed by atoms with E-state index in [0.717, 1.165) is 0 Å². The van der Waals surface area contributed by atoms with Crippen LogP contribution in [-0.2, 0) is 11.8 Å². The second kappa shape index (κ2) is 3.89. The van der Waals surface area contributed by atoms with Crippen molar-refractivity contribution in [1.29, 1.82) is 0 Å². The van der Waals surface area contributed by atoms with Crippen LogP contribution in [0.3, 0.4) is 0 Å². The molecule has 1 nitrogen and oxygen atoms in total. The fourth-order valence-corrected chi connectivity index (χ4v) is 3.58. The highest BCUT2D eigenvalue weighted by molar-refractivity contribution is 5.37. The molecular weight excluding hydrogens is 194 g/mol. The molecule has 0 amide bonds. The van der Waals surface area contributed by atoms with Crippen LogP contribution in [0.25, 0.3) is 0 Å². The van der Waals surface area contributed by atoms with Crippen molar-refractivity contribution >= 4 is 0 Å².